The Kier molecular flexibility index (Phi) is 4.20. The second-order valence-corrected chi connectivity index (χ2v) is 4.13. The first-order valence-electron chi connectivity index (χ1n) is 6.01. The molecule has 0 radical (unpaired) electrons. The standard InChI is InChI=1S/C15H14FNO3/c1-20-13-8-3-2-5-10(13)9-17-14-11(15(18)19)6-4-7-12(14)16/h2-8,17H,9H2,1H3,(H,18,19). The van der Waals surface area contributed by atoms with Gasteiger partial charge in [0.1, 0.15) is 11.6 Å². The number of rotatable bonds is 5. The van der Waals surface area contributed by atoms with E-state index in [-0.39, 0.29) is 17.8 Å². The Morgan fingerprint density at radius 1 is 1.25 bits per heavy atom. The fourth-order valence-electron chi connectivity index (χ4n) is 1.91. The summed E-state index contributed by atoms with van der Waals surface area (Å²) >= 11 is 0. The first-order valence-corrected chi connectivity index (χ1v) is 6.01. The number of nitrogens with one attached hydrogen (secondary N) is 1. The maximum absolute atomic E-state index is 13.7. The summed E-state index contributed by atoms with van der Waals surface area (Å²) in [7, 11) is 1.55. The SMILES string of the molecule is COc1ccccc1CNc1c(F)cccc1C(=O)O. The summed E-state index contributed by atoms with van der Waals surface area (Å²) in [5.41, 5.74) is 0.695. The molecule has 0 aliphatic rings. The summed E-state index contributed by atoms with van der Waals surface area (Å²) in [6, 6.07) is 11.2. The number of halogens is 1. The minimum Gasteiger partial charge on any atom is -0.496 e. The second-order valence-electron chi connectivity index (χ2n) is 4.13. The Bertz CT molecular complexity index is 628. The highest BCUT2D eigenvalue weighted by Gasteiger charge is 2.14. The highest BCUT2D eigenvalue weighted by molar-refractivity contribution is 5.94. The Morgan fingerprint density at radius 2 is 2.00 bits per heavy atom. The lowest BCUT2D eigenvalue weighted by atomic mass is 10.1. The molecule has 0 aromatic heterocycles. The molecule has 2 rings (SSSR count). The van der Waals surface area contributed by atoms with Crippen LogP contribution in [-0.4, -0.2) is 18.2 Å². The number of aromatic carboxylic acids is 1. The van der Waals surface area contributed by atoms with E-state index in [1.165, 1.54) is 18.2 Å². The molecule has 0 saturated carbocycles. The number of benzene rings is 2. The van der Waals surface area contributed by atoms with E-state index in [2.05, 4.69) is 5.32 Å². The van der Waals surface area contributed by atoms with Crippen LogP contribution in [0.3, 0.4) is 0 Å². The van der Waals surface area contributed by atoms with Gasteiger partial charge in [-0.3, -0.25) is 0 Å². The van der Waals surface area contributed by atoms with Crippen molar-refractivity contribution < 1.29 is 19.0 Å². The minimum atomic E-state index is -1.17. The number of hydrogen-bond donors (Lipinski definition) is 2. The van der Waals surface area contributed by atoms with Crippen LogP contribution >= 0.6 is 0 Å². The second kappa shape index (κ2) is 6.06. The zero-order chi connectivity index (χ0) is 14.5. The van der Waals surface area contributed by atoms with E-state index >= 15 is 0 Å². The van der Waals surface area contributed by atoms with Gasteiger partial charge >= 0.3 is 5.97 Å². The average Bonchev–Trinajstić information content (AvgIpc) is 2.46. The van der Waals surface area contributed by atoms with E-state index in [0.717, 1.165) is 5.56 Å². The third kappa shape index (κ3) is 2.88. The van der Waals surface area contributed by atoms with Crippen LogP contribution in [0.2, 0.25) is 0 Å². The van der Waals surface area contributed by atoms with E-state index in [4.69, 9.17) is 9.84 Å². The molecule has 0 fully saturated rings. The minimum absolute atomic E-state index is 0.0223. The van der Waals surface area contributed by atoms with E-state index < -0.39 is 11.8 Å². The summed E-state index contributed by atoms with van der Waals surface area (Å²) in [5.74, 6) is -1.11. The molecular formula is C15H14FNO3. The molecule has 0 amide bonds. The normalized spacial score (nSPS) is 10.1. The van der Waals surface area contributed by atoms with E-state index in [1.807, 2.05) is 18.2 Å². The lowest BCUT2D eigenvalue weighted by molar-refractivity contribution is 0.0697. The molecule has 0 aliphatic heterocycles. The van der Waals surface area contributed by atoms with Gasteiger partial charge in [-0.25, -0.2) is 9.18 Å². The van der Waals surface area contributed by atoms with Gasteiger partial charge in [-0.1, -0.05) is 24.3 Å². The quantitative estimate of drug-likeness (QED) is 0.880. The molecular weight excluding hydrogens is 261 g/mol. The van der Waals surface area contributed by atoms with Gasteiger partial charge in [0.05, 0.1) is 18.4 Å². The molecule has 0 unspecified atom stereocenters. The number of carboxylic acid groups (broad SMARTS) is 1. The topological polar surface area (TPSA) is 58.6 Å². The van der Waals surface area contributed by atoms with Gasteiger partial charge in [0, 0.05) is 12.1 Å². The van der Waals surface area contributed by atoms with Crippen molar-refractivity contribution in [1.82, 2.24) is 0 Å². The zero-order valence-corrected chi connectivity index (χ0v) is 10.9. The van der Waals surface area contributed by atoms with Gasteiger partial charge in [-0.15, -0.1) is 0 Å². The number of ether oxygens (including phenoxy) is 1. The molecule has 0 atom stereocenters. The fourth-order valence-corrected chi connectivity index (χ4v) is 1.91. The van der Waals surface area contributed by atoms with Gasteiger partial charge in [-0.2, -0.15) is 0 Å². The molecule has 0 heterocycles. The van der Waals surface area contributed by atoms with Gasteiger partial charge in [0.25, 0.3) is 0 Å². The largest absolute Gasteiger partial charge is 0.496 e. The van der Waals surface area contributed by atoms with Crippen molar-refractivity contribution >= 4 is 11.7 Å². The Labute approximate surface area is 115 Å². The molecule has 5 heteroatoms. The number of anilines is 1. The van der Waals surface area contributed by atoms with Crippen LogP contribution in [0, 0.1) is 5.82 Å². The first kappa shape index (κ1) is 13.9. The van der Waals surface area contributed by atoms with Gasteiger partial charge < -0.3 is 15.2 Å². The fraction of sp³-hybridized carbons (Fsp3) is 0.133. The third-order valence-electron chi connectivity index (χ3n) is 2.89. The summed E-state index contributed by atoms with van der Waals surface area (Å²) in [4.78, 5) is 11.1. The summed E-state index contributed by atoms with van der Waals surface area (Å²) in [5, 5.41) is 11.9. The Balaban J connectivity index is 2.25. The van der Waals surface area contributed by atoms with Gasteiger partial charge in [-0.05, 0) is 18.2 Å². The average molecular weight is 275 g/mol. The monoisotopic (exact) mass is 275 g/mol. The van der Waals surface area contributed by atoms with Crippen molar-refractivity contribution in [2.45, 2.75) is 6.54 Å². The van der Waals surface area contributed by atoms with Crippen LogP contribution in [0.25, 0.3) is 0 Å². The molecule has 4 nitrogen and oxygen atoms in total. The van der Waals surface area contributed by atoms with Crippen molar-refractivity contribution in [2.24, 2.45) is 0 Å². The maximum atomic E-state index is 13.7. The number of hydrogen-bond acceptors (Lipinski definition) is 3. The van der Waals surface area contributed by atoms with Crippen LogP contribution in [0.15, 0.2) is 42.5 Å². The van der Waals surface area contributed by atoms with Crippen LogP contribution in [-0.2, 0) is 6.54 Å². The number of methoxy groups -OCH3 is 1. The predicted molar refractivity (Wildman–Crippen MR) is 73.7 cm³/mol. The van der Waals surface area contributed by atoms with Gasteiger partial charge in [0.2, 0.25) is 0 Å². The summed E-state index contributed by atoms with van der Waals surface area (Å²) in [6.07, 6.45) is 0. The smallest absolute Gasteiger partial charge is 0.337 e. The van der Waals surface area contributed by atoms with E-state index in [1.54, 1.807) is 13.2 Å². The lowest BCUT2D eigenvalue weighted by Gasteiger charge is -2.12. The van der Waals surface area contributed by atoms with Crippen molar-refractivity contribution in [2.75, 3.05) is 12.4 Å². The number of carbonyl (C=O) groups is 1. The van der Waals surface area contributed by atoms with Gasteiger partial charge in [0.15, 0.2) is 0 Å². The van der Waals surface area contributed by atoms with Crippen LogP contribution in [0.1, 0.15) is 15.9 Å². The number of carboxylic acids is 1. The van der Waals surface area contributed by atoms with Crippen molar-refractivity contribution in [3.8, 4) is 5.75 Å². The molecule has 2 N–H and O–H groups in total. The van der Waals surface area contributed by atoms with Crippen molar-refractivity contribution in [3.63, 3.8) is 0 Å². The van der Waals surface area contributed by atoms with Crippen molar-refractivity contribution in [1.29, 1.82) is 0 Å². The third-order valence-corrected chi connectivity index (χ3v) is 2.89. The first-order chi connectivity index (χ1) is 9.63. The summed E-state index contributed by atoms with van der Waals surface area (Å²) in [6.45, 7) is 0.269. The molecule has 2 aromatic carbocycles. The van der Waals surface area contributed by atoms with Crippen LogP contribution in [0.4, 0.5) is 10.1 Å². The maximum Gasteiger partial charge on any atom is 0.337 e. The summed E-state index contributed by atoms with van der Waals surface area (Å²) < 4.78 is 18.9. The Morgan fingerprint density at radius 3 is 2.70 bits per heavy atom. The predicted octanol–water partition coefficient (Wildman–Crippen LogP) is 3.14. The highest BCUT2D eigenvalue weighted by atomic mass is 19.1. The van der Waals surface area contributed by atoms with Crippen LogP contribution < -0.4 is 10.1 Å². The lowest BCUT2D eigenvalue weighted by Crippen LogP contribution is -2.09. The molecule has 2 aromatic rings. The highest BCUT2D eigenvalue weighted by Crippen LogP contribution is 2.23. The molecule has 0 aliphatic carbocycles. The molecule has 0 saturated heterocycles. The van der Waals surface area contributed by atoms with Crippen molar-refractivity contribution in [3.05, 3.63) is 59.4 Å². The van der Waals surface area contributed by atoms with E-state index in [0.29, 0.717) is 5.75 Å². The Hall–Kier alpha value is -2.56. The molecule has 0 spiro atoms. The molecule has 104 valence electrons. The molecule has 0 bridgehead atoms. The number of para-hydroxylation sites is 2. The van der Waals surface area contributed by atoms with E-state index in [9.17, 15) is 9.18 Å². The van der Waals surface area contributed by atoms with Crippen LogP contribution in [0.5, 0.6) is 5.75 Å². The zero-order valence-electron chi connectivity index (χ0n) is 10.9. The molecule has 20 heavy (non-hydrogen) atoms.